The predicted octanol–water partition coefficient (Wildman–Crippen LogP) is 1.31. The zero-order chi connectivity index (χ0) is 15.0. The summed E-state index contributed by atoms with van der Waals surface area (Å²) in [7, 11) is 0. The van der Waals surface area contributed by atoms with Crippen molar-refractivity contribution in [3.05, 3.63) is 0 Å². The fourth-order valence-corrected chi connectivity index (χ4v) is 3.20. The van der Waals surface area contributed by atoms with Gasteiger partial charge in [-0.3, -0.25) is 4.79 Å². The smallest absolute Gasteiger partial charge is 0.241 e. The SMILES string of the molecule is CCCNC(=O)CN=C(NCC)N1CCSC(C)(C)C1. The molecule has 0 unspecified atom stereocenters. The summed E-state index contributed by atoms with van der Waals surface area (Å²) in [5.41, 5.74) is 0. The molecule has 0 bridgehead atoms. The minimum atomic E-state index is -0.00658. The van der Waals surface area contributed by atoms with Crippen molar-refractivity contribution >= 4 is 23.6 Å². The Morgan fingerprint density at radius 1 is 1.35 bits per heavy atom. The molecule has 0 aliphatic carbocycles. The number of nitrogens with zero attached hydrogens (tertiary/aromatic N) is 2. The number of nitrogens with one attached hydrogen (secondary N) is 2. The van der Waals surface area contributed by atoms with Crippen molar-refractivity contribution in [2.45, 2.75) is 38.9 Å². The van der Waals surface area contributed by atoms with Crippen molar-refractivity contribution in [1.82, 2.24) is 15.5 Å². The first-order valence-corrected chi connectivity index (χ1v) is 8.41. The third-order valence-electron chi connectivity index (χ3n) is 3.00. The lowest BCUT2D eigenvalue weighted by atomic mass is 10.2. The van der Waals surface area contributed by atoms with Gasteiger partial charge in [0, 0.05) is 36.7 Å². The lowest BCUT2D eigenvalue weighted by Crippen LogP contribution is -2.51. The average Bonchev–Trinajstić information content (AvgIpc) is 2.40. The molecule has 1 heterocycles. The predicted molar refractivity (Wildman–Crippen MR) is 87.4 cm³/mol. The first kappa shape index (κ1) is 17.1. The Bertz CT molecular complexity index is 344. The van der Waals surface area contributed by atoms with Gasteiger partial charge in [-0.15, -0.1) is 0 Å². The number of guanidine groups is 1. The quantitative estimate of drug-likeness (QED) is 0.594. The van der Waals surface area contributed by atoms with Crippen LogP contribution in [0.5, 0.6) is 0 Å². The highest BCUT2D eigenvalue weighted by Crippen LogP contribution is 2.29. The third kappa shape index (κ3) is 6.03. The van der Waals surface area contributed by atoms with Gasteiger partial charge in [-0.1, -0.05) is 6.92 Å². The van der Waals surface area contributed by atoms with Gasteiger partial charge in [0.1, 0.15) is 6.54 Å². The van der Waals surface area contributed by atoms with Crippen molar-refractivity contribution in [3.8, 4) is 0 Å². The van der Waals surface area contributed by atoms with Gasteiger partial charge in [0.05, 0.1) is 0 Å². The van der Waals surface area contributed by atoms with Gasteiger partial charge in [0.25, 0.3) is 0 Å². The van der Waals surface area contributed by atoms with E-state index in [2.05, 4.69) is 41.3 Å². The topological polar surface area (TPSA) is 56.7 Å². The molecule has 1 fully saturated rings. The molecule has 116 valence electrons. The fraction of sp³-hybridized carbons (Fsp3) is 0.857. The summed E-state index contributed by atoms with van der Waals surface area (Å²) >= 11 is 1.99. The Morgan fingerprint density at radius 2 is 2.10 bits per heavy atom. The maximum absolute atomic E-state index is 11.7. The Morgan fingerprint density at radius 3 is 2.70 bits per heavy atom. The number of aliphatic imine (C=N–C) groups is 1. The van der Waals surface area contributed by atoms with Crippen LogP contribution in [-0.4, -0.2) is 60.0 Å². The van der Waals surface area contributed by atoms with E-state index in [0.29, 0.717) is 0 Å². The van der Waals surface area contributed by atoms with Crippen LogP contribution >= 0.6 is 11.8 Å². The van der Waals surface area contributed by atoms with Crippen molar-refractivity contribution in [2.24, 2.45) is 4.99 Å². The lowest BCUT2D eigenvalue weighted by molar-refractivity contribution is -0.119. The molecular weight excluding hydrogens is 272 g/mol. The highest BCUT2D eigenvalue weighted by Gasteiger charge is 2.28. The van der Waals surface area contributed by atoms with E-state index >= 15 is 0 Å². The Labute approximate surface area is 127 Å². The van der Waals surface area contributed by atoms with Gasteiger partial charge in [0.2, 0.25) is 5.91 Å². The summed E-state index contributed by atoms with van der Waals surface area (Å²) in [6.07, 6.45) is 0.951. The largest absolute Gasteiger partial charge is 0.357 e. The van der Waals surface area contributed by atoms with Crippen molar-refractivity contribution in [3.63, 3.8) is 0 Å². The summed E-state index contributed by atoms with van der Waals surface area (Å²) in [6.45, 7) is 12.3. The number of rotatable bonds is 5. The maximum atomic E-state index is 11.7. The summed E-state index contributed by atoms with van der Waals surface area (Å²) in [4.78, 5) is 18.4. The molecule has 5 nitrogen and oxygen atoms in total. The van der Waals surface area contributed by atoms with E-state index in [1.54, 1.807) is 0 Å². The first-order chi connectivity index (χ1) is 9.48. The van der Waals surface area contributed by atoms with E-state index in [1.807, 2.05) is 18.7 Å². The van der Waals surface area contributed by atoms with Gasteiger partial charge in [0.15, 0.2) is 5.96 Å². The van der Waals surface area contributed by atoms with E-state index in [4.69, 9.17) is 0 Å². The van der Waals surface area contributed by atoms with Crippen LogP contribution in [0.4, 0.5) is 0 Å². The number of amides is 1. The Hall–Kier alpha value is -0.910. The fourth-order valence-electron chi connectivity index (χ4n) is 2.09. The number of hydrogen-bond acceptors (Lipinski definition) is 3. The molecule has 1 saturated heterocycles. The first-order valence-electron chi connectivity index (χ1n) is 7.42. The Balaban J connectivity index is 2.60. The van der Waals surface area contributed by atoms with E-state index in [1.165, 1.54) is 0 Å². The van der Waals surface area contributed by atoms with Crippen LogP contribution in [0.2, 0.25) is 0 Å². The number of hydrogen-bond donors (Lipinski definition) is 2. The maximum Gasteiger partial charge on any atom is 0.241 e. The van der Waals surface area contributed by atoms with E-state index < -0.39 is 0 Å². The summed E-state index contributed by atoms with van der Waals surface area (Å²) in [6, 6.07) is 0. The van der Waals surface area contributed by atoms with Crippen LogP contribution in [-0.2, 0) is 4.79 Å². The van der Waals surface area contributed by atoms with Gasteiger partial charge < -0.3 is 15.5 Å². The summed E-state index contributed by atoms with van der Waals surface area (Å²) in [5.74, 6) is 1.94. The number of carbonyl (C=O) groups excluding carboxylic acids is 1. The van der Waals surface area contributed by atoms with Crippen LogP contribution in [0.1, 0.15) is 34.1 Å². The van der Waals surface area contributed by atoms with Crippen LogP contribution in [0.25, 0.3) is 0 Å². The zero-order valence-corrected chi connectivity index (χ0v) is 14.0. The molecule has 0 atom stereocenters. The minimum absolute atomic E-state index is 0.00658. The van der Waals surface area contributed by atoms with Crippen molar-refractivity contribution in [2.75, 3.05) is 38.5 Å². The van der Waals surface area contributed by atoms with E-state index in [0.717, 1.165) is 44.3 Å². The van der Waals surface area contributed by atoms with Gasteiger partial charge in [-0.25, -0.2) is 4.99 Å². The van der Waals surface area contributed by atoms with Gasteiger partial charge in [-0.05, 0) is 27.2 Å². The number of carbonyl (C=O) groups is 1. The molecule has 1 amide bonds. The number of thioether (sulfide) groups is 1. The molecule has 2 N–H and O–H groups in total. The van der Waals surface area contributed by atoms with Crippen LogP contribution in [0, 0.1) is 0 Å². The normalized spacial score (nSPS) is 18.8. The standard InChI is InChI=1S/C14H28N4OS/c1-5-7-16-12(19)10-17-13(15-6-2)18-8-9-20-14(3,4)11-18/h5-11H2,1-4H3,(H,15,17)(H,16,19). The van der Waals surface area contributed by atoms with Crippen molar-refractivity contribution < 1.29 is 4.79 Å². The van der Waals surface area contributed by atoms with E-state index in [-0.39, 0.29) is 17.2 Å². The monoisotopic (exact) mass is 300 g/mol. The Kier molecular flexibility index (Phi) is 7.19. The molecule has 6 heteroatoms. The molecule has 1 aliphatic heterocycles. The molecule has 0 aromatic carbocycles. The molecule has 0 aromatic heterocycles. The molecule has 0 saturated carbocycles. The second kappa shape index (κ2) is 8.39. The summed E-state index contributed by atoms with van der Waals surface area (Å²) < 4.78 is 0.235. The molecule has 1 aliphatic rings. The minimum Gasteiger partial charge on any atom is -0.357 e. The molecule has 20 heavy (non-hydrogen) atoms. The second-order valence-corrected chi connectivity index (χ2v) is 7.35. The van der Waals surface area contributed by atoms with Gasteiger partial charge >= 0.3 is 0 Å². The molecule has 1 rings (SSSR count). The average molecular weight is 300 g/mol. The highest BCUT2D eigenvalue weighted by atomic mass is 32.2. The van der Waals surface area contributed by atoms with E-state index in [9.17, 15) is 4.79 Å². The molecule has 0 aromatic rings. The van der Waals surface area contributed by atoms with Gasteiger partial charge in [-0.2, -0.15) is 11.8 Å². The molecule has 0 spiro atoms. The molecule has 0 radical (unpaired) electrons. The zero-order valence-electron chi connectivity index (χ0n) is 13.2. The van der Waals surface area contributed by atoms with Crippen molar-refractivity contribution in [1.29, 1.82) is 0 Å². The summed E-state index contributed by atoms with van der Waals surface area (Å²) in [5, 5.41) is 6.14. The lowest BCUT2D eigenvalue weighted by Gasteiger charge is -2.39. The third-order valence-corrected chi connectivity index (χ3v) is 4.30. The van der Waals surface area contributed by atoms with Crippen LogP contribution in [0.15, 0.2) is 4.99 Å². The molecular formula is C14H28N4OS. The highest BCUT2D eigenvalue weighted by molar-refractivity contribution is 8.00. The van der Waals surface area contributed by atoms with Crippen LogP contribution < -0.4 is 10.6 Å². The van der Waals surface area contributed by atoms with Crippen LogP contribution in [0.3, 0.4) is 0 Å². The second-order valence-electron chi connectivity index (χ2n) is 5.55.